The van der Waals surface area contributed by atoms with Gasteiger partial charge in [-0.3, -0.25) is 9.10 Å². The molecule has 1 atom stereocenters. The molecule has 1 saturated carbocycles. The van der Waals surface area contributed by atoms with Crippen molar-refractivity contribution in [3.8, 4) is 5.75 Å². The Kier molecular flexibility index (Phi) is 6.02. The van der Waals surface area contributed by atoms with E-state index in [1.807, 2.05) is 24.8 Å². The number of carbonyl (C=O) groups excluding carboxylic acids is 1. The highest BCUT2D eigenvalue weighted by Crippen LogP contribution is 2.35. The summed E-state index contributed by atoms with van der Waals surface area (Å²) in [4.78, 5) is 12.5. The molecule has 2 aliphatic rings. The van der Waals surface area contributed by atoms with Gasteiger partial charge in [0.2, 0.25) is 10.0 Å². The Hall–Kier alpha value is -1.41. The van der Waals surface area contributed by atoms with E-state index in [9.17, 15) is 13.2 Å². The largest absolute Gasteiger partial charge is 0.476 e. The van der Waals surface area contributed by atoms with E-state index in [2.05, 4.69) is 5.32 Å². The first-order valence-corrected chi connectivity index (χ1v) is 11.9. The van der Waals surface area contributed by atoms with E-state index in [-0.39, 0.29) is 12.5 Å². The van der Waals surface area contributed by atoms with Gasteiger partial charge in [0, 0.05) is 17.5 Å². The lowest BCUT2D eigenvalue weighted by molar-refractivity contribution is -0.127. The van der Waals surface area contributed by atoms with Crippen molar-refractivity contribution >= 4 is 33.4 Å². The Morgan fingerprint density at radius 3 is 2.77 bits per heavy atom. The van der Waals surface area contributed by atoms with Crippen LogP contribution in [0.5, 0.6) is 5.75 Å². The van der Waals surface area contributed by atoms with Crippen molar-refractivity contribution in [2.24, 2.45) is 0 Å². The average Bonchev–Trinajstić information content (AvgIpc) is 3.10. The number of hydrogen-bond acceptors (Lipinski definition) is 5. The summed E-state index contributed by atoms with van der Waals surface area (Å²) < 4.78 is 31.4. The quantitative estimate of drug-likeness (QED) is 0.744. The van der Waals surface area contributed by atoms with Gasteiger partial charge in [0.15, 0.2) is 6.10 Å². The third-order valence-electron chi connectivity index (χ3n) is 4.73. The summed E-state index contributed by atoms with van der Waals surface area (Å²) in [6.07, 6.45) is 5.46. The molecule has 0 radical (unpaired) electrons. The van der Waals surface area contributed by atoms with Crippen molar-refractivity contribution in [1.82, 2.24) is 5.32 Å². The number of aryl methyl sites for hydroxylation is 1. The number of nitrogens with zero attached hydrogens (tertiary/aromatic N) is 1. The van der Waals surface area contributed by atoms with Gasteiger partial charge in [-0.25, -0.2) is 8.42 Å². The predicted molar refractivity (Wildman–Crippen MR) is 106 cm³/mol. The van der Waals surface area contributed by atoms with Crippen molar-refractivity contribution in [3.63, 3.8) is 0 Å². The van der Waals surface area contributed by atoms with Crippen LogP contribution in [0, 0.1) is 6.92 Å². The summed E-state index contributed by atoms with van der Waals surface area (Å²) >= 11 is 1.91. The Morgan fingerprint density at radius 2 is 2.08 bits per heavy atom. The molecule has 26 heavy (non-hydrogen) atoms. The number of thioether (sulfide) groups is 1. The first-order chi connectivity index (χ1) is 12.3. The lowest BCUT2D eigenvalue weighted by Gasteiger charge is -2.34. The first kappa shape index (κ1) is 19.4. The van der Waals surface area contributed by atoms with E-state index in [4.69, 9.17) is 4.74 Å². The molecule has 0 saturated heterocycles. The number of fused-ring (bicyclic) bond motifs is 1. The number of sulfonamides is 1. The number of ether oxygens (including phenoxy) is 1. The fourth-order valence-corrected chi connectivity index (χ4v) is 5.51. The molecular weight excluding hydrogens is 372 g/mol. The second kappa shape index (κ2) is 8.08. The zero-order valence-corrected chi connectivity index (χ0v) is 16.9. The van der Waals surface area contributed by atoms with E-state index >= 15 is 0 Å². The van der Waals surface area contributed by atoms with E-state index < -0.39 is 16.1 Å². The lowest BCUT2D eigenvalue weighted by atomic mass is 10.1. The molecule has 1 fully saturated rings. The third kappa shape index (κ3) is 4.65. The van der Waals surface area contributed by atoms with Crippen LogP contribution in [0.25, 0.3) is 0 Å². The molecule has 0 bridgehead atoms. The summed E-state index contributed by atoms with van der Waals surface area (Å²) in [6.45, 7) is 2.46. The lowest BCUT2D eigenvalue weighted by Crippen LogP contribution is -2.50. The number of nitrogens with one attached hydrogen (secondary N) is 1. The molecule has 0 aromatic heterocycles. The fraction of sp³-hybridized carbons (Fsp3) is 0.611. The molecule has 3 rings (SSSR count). The minimum Gasteiger partial charge on any atom is -0.476 e. The number of carbonyl (C=O) groups is 1. The molecule has 1 N–H and O–H groups in total. The normalized spacial score (nSPS) is 20.5. The van der Waals surface area contributed by atoms with Crippen LogP contribution in [0.1, 0.15) is 31.2 Å². The summed E-state index contributed by atoms with van der Waals surface area (Å²) in [5.74, 6) is 1.03. The molecular formula is C18H26N2O4S2. The Balaban J connectivity index is 1.61. The van der Waals surface area contributed by atoms with Crippen LogP contribution in [0.4, 0.5) is 5.69 Å². The molecule has 1 aromatic carbocycles. The van der Waals surface area contributed by atoms with Gasteiger partial charge in [0.25, 0.3) is 5.91 Å². The standard InChI is InChI=1S/C18H26N2O4S2/c1-13-7-8-16-15(11-13)20(26(2,22)23)12-17(24-16)18(21)19-9-10-25-14-5-3-4-6-14/h7-8,11,14,17H,3-6,9-10,12H2,1-2H3,(H,19,21)/t17-/m1/s1. The van der Waals surface area contributed by atoms with Crippen molar-refractivity contribution in [1.29, 1.82) is 0 Å². The second-order valence-electron chi connectivity index (χ2n) is 6.94. The molecule has 1 aliphatic heterocycles. The fourth-order valence-electron chi connectivity index (χ4n) is 3.38. The highest BCUT2D eigenvalue weighted by atomic mass is 32.2. The van der Waals surface area contributed by atoms with E-state index in [0.717, 1.165) is 17.6 Å². The second-order valence-corrected chi connectivity index (χ2v) is 10.3. The molecule has 0 unspecified atom stereocenters. The number of amides is 1. The summed E-state index contributed by atoms with van der Waals surface area (Å²) in [7, 11) is -3.49. The summed E-state index contributed by atoms with van der Waals surface area (Å²) in [6, 6.07) is 5.33. The number of anilines is 1. The topological polar surface area (TPSA) is 75.7 Å². The van der Waals surface area contributed by atoms with E-state index in [1.165, 1.54) is 30.0 Å². The smallest absolute Gasteiger partial charge is 0.263 e. The van der Waals surface area contributed by atoms with Gasteiger partial charge in [-0.2, -0.15) is 11.8 Å². The third-order valence-corrected chi connectivity index (χ3v) is 7.26. The van der Waals surface area contributed by atoms with Crippen molar-refractivity contribution in [2.45, 2.75) is 44.0 Å². The molecule has 8 heteroatoms. The van der Waals surface area contributed by atoms with Crippen LogP contribution >= 0.6 is 11.8 Å². The maximum Gasteiger partial charge on any atom is 0.263 e. The van der Waals surface area contributed by atoms with Gasteiger partial charge in [-0.1, -0.05) is 18.9 Å². The Bertz CT molecular complexity index is 760. The highest BCUT2D eigenvalue weighted by molar-refractivity contribution is 7.99. The molecule has 1 heterocycles. The van der Waals surface area contributed by atoms with Crippen LogP contribution in [-0.4, -0.2) is 50.8 Å². The van der Waals surface area contributed by atoms with Gasteiger partial charge in [0.1, 0.15) is 5.75 Å². The van der Waals surface area contributed by atoms with Gasteiger partial charge in [-0.05, 0) is 37.5 Å². The zero-order chi connectivity index (χ0) is 18.7. The van der Waals surface area contributed by atoms with Gasteiger partial charge in [-0.15, -0.1) is 0 Å². The van der Waals surface area contributed by atoms with Crippen LogP contribution in [0.3, 0.4) is 0 Å². The highest BCUT2D eigenvalue weighted by Gasteiger charge is 2.34. The minimum atomic E-state index is -3.49. The van der Waals surface area contributed by atoms with Crippen LogP contribution in [-0.2, 0) is 14.8 Å². The summed E-state index contributed by atoms with van der Waals surface area (Å²) in [5.41, 5.74) is 1.43. The molecule has 1 aliphatic carbocycles. The van der Waals surface area contributed by atoms with Gasteiger partial charge in [0.05, 0.1) is 18.5 Å². The Labute approximate surface area is 159 Å². The van der Waals surface area contributed by atoms with Crippen molar-refractivity contribution in [3.05, 3.63) is 23.8 Å². The first-order valence-electron chi connectivity index (χ1n) is 8.99. The maximum absolute atomic E-state index is 12.5. The Morgan fingerprint density at radius 1 is 1.35 bits per heavy atom. The van der Waals surface area contributed by atoms with Gasteiger partial charge < -0.3 is 10.1 Å². The summed E-state index contributed by atoms with van der Waals surface area (Å²) in [5, 5.41) is 3.60. The van der Waals surface area contributed by atoms with Crippen LogP contribution in [0.2, 0.25) is 0 Å². The minimum absolute atomic E-state index is 0.00309. The molecule has 144 valence electrons. The zero-order valence-electron chi connectivity index (χ0n) is 15.2. The molecule has 6 nitrogen and oxygen atoms in total. The van der Waals surface area contributed by atoms with E-state index in [0.29, 0.717) is 23.2 Å². The van der Waals surface area contributed by atoms with Crippen LogP contribution in [0.15, 0.2) is 18.2 Å². The number of rotatable bonds is 6. The maximum atomic E-state index is 12.5. The van der Waals surface area contributed by atoms with E-state index in [1.54, 1.807) is 12.1 Å². The number of hydrogen-bond donors (Lipinski definition) is 1. The van der Waals surface area contributed by atoms with Gasteiger partial charge >= 0.3 is 0 Å². The molecule has 1 aromatic rings. The monoisotopic (exact) mass is 398 g/mol. The number of benzene rings is 1. The van der Waals surface area contributed by atoms with Crippen molar-refractivity contribution in [2.75, 3.05) is 29.4 Å². The average molecular weight is 399 g/mol. The molecule has 0 spiro atoms. The predicted octanol–water partition coefficient (Wildman–Crippen LogP) is 2.31. The SMILES string of the molecule is Cc1ccc2c(c1)N(S(C)(=O)=O)C[C@H](C(=O)NCCSC1CCCC1)O2. The van der Waals surface area contributed by atoms with Crippen LogP contribution < -0.4 is 14.4 Å². The van der Waals surface area contributed by atoms with Crippen molar-refractivity contribution < 1.29 is 17.9 Å². The molecule has 1 amide bonds.